The second-order valence-electron chi connectivity index (χ2n) is 6.45. The smallest absolute Gasteiger partial charge is 0.161 e. The molecule has 134 valence electrons. The standard InChI is InChI=1S/C22H21Cl2OS/c1-22(2,16-4-10-19(25-3)11-5-16)26(20-12-6-17(23)7-13-20)21-14-8-18(24)9-15-21/h4-15H,1-3H3/q+1. The molecule has 3 aromatic carbocycles. The maximum atomic E-state index is 6.12. The Labute approximate surface area is 168 Å². The van der Waals surface area contributed by atoms with Crippen molar-refractivity contribution >= 4 is 34.1 Å². The molecule has 0 fully saturated rings. The number of benzene rings is 3. The first-order chi connectivity index (χ1) is 12.4. The van der Waals surface area contributed by atoms with Crippen LogP contribution in [0, 0.1) is 0 Å². The molecule has 1 nitrogen and oxygen atoms in total. The Hall–Kier alpha value is -1.61. The molecule has 0 aliphatic heterocycles. The summed E-state index contributed by atoms with van der Waals surface area (Å²) in [5, 5.41) is 1.49. The summed E-state index contributed by atoms with van der Waals surface area (Å²) in [7, 11) is 1.49. The molecule has 26 heavy (non-hydrogen) atoms. The predicted octanol–water partition coefficient (Wildman–Crippen LogP) is 6.97. The minimum Gasteiger partial charge on any atom is -0.497 e. The van der Waals surface area contributed by atoms with Crippen LogP contribution in [0.2, 0.25) is 10.0 Å². The highest BCUT2D eigenvalue weighted by molar-refractivity contribution is 7.97. The Morgan fingerprint density at radius 2 is 1.12 bits per heavy atom. The lowest BCUT2D eigenvalue weighted by Crippen LogP contribution is -2.30. The summed E-state index contributed by atoms with van der Waals surface area (Å²) < 4.78 is 5.19. The number of hydrogen-bond donors (Lipinski definition) is 0. The van der Waals surface area contributed by atoms with E-state index in [0.717, 1.165) is 15.8 Å². The summed E-state index contributed by atoms with van der Waals surface area (Å²) in [6, 6.07) is 24.6. The largest absolute Gasteiger partial charge is 0.497 e. The van der Waals surface area contributed by atoms with Crippen LogP contribution in [-0.4, -0.2) is 7.11 Å². The van der Waals surface area contributed by atoms with E-state index in [1.54, 1.807) is 7.11 Å². The highest BCUT2D eigenvalue weighted by Gasteiger charge is 2.44. The molecule has 0 amide bonds. The average Bonchev–Trinajstić information content (AvgIpc) is 2.65. The molecule has 0 saturated heterocycles. The Morgan fingerprint density at radius 1 is 0.692 bits per heavy atom. The third kappa shape index (κ3) is 4.03. The summed E-state index contributed by atoms with van der Waals surface area (Å²) in [5.74, 6) is 0.863. The maximum absolute atomic E-state index is 6.12. The van der Waals surface area contributed by atoms with Gasteiger partial charge in [0.2, 0.25) is 0 Å². The SMILES string of the molecule is COc1ccc(C(C)(C)[S+](c2ccc(Cl)cc2)c2ccc(Cl)cc2)cc1. The minimum absolute atomic E-state index is 0.117. The number of methoxy groups -OCH3 is 1. The van der Waals surface area contributed by atoms with Gasteiger partial charge in [0, 0.05) is 15.6 Å². The van der Waals surface area contributed by atoms with Gasteiger partial charge in [-0.1, -0.05) is 35.3 Å². The summed E-state index contributed by atoms with van der Waals surface area (Å²) >= 11 is 12.2. The van der Waals surface area contributed by atoms with Gasteiger partial charge in [0.1, 0.15) is 5.75 Å². The van der Waals surface area contributed by atoms with E-state index in [4.69, 9.17) is 27.9 Å². The summed E-state index contributed by atoms with van der Waals surface area (Å²) in [5.41, 5.74) is 1.26. The molecule has 0 N–H and O–H groups in total. The molecule has 0 bridgehead atoms. The molecule has 0 atom stereocenters. The number of halogens is 2. The van der Waals surface area contributed by atoms with E-state index in [1.807, 2.05) is 36.4 Å². The summed E-state index contributed by atoms with van der Waals surface area (Å²) in [6.07, 6.45) is 0. The van der Waals surface area contributed by atoms with E-state index in [9.17, 15) is 0 Å². The van der Waals surface area contributed by atoms with Crippen molar-refractivity contribution in [3.8, 4) is 5.75 Å². The molecule has 3 aromatic rings. The third-order valence-electron chi connectivity index (χ3n) is 4.39. The van der Waals surface area contributed by atoms with Crippen LogP contribution in [0.25, 0.3) is 0 Å². The molecule has 0 spiro atoms. The summed E-state index contributed by atoms with van der Waals surface area (Å²) in [4.78, 5) is 2.50. The lowest BCUT2D eigenvalue weighted by Gasteiger charge is -2.26. The van der Waals surface area contributed by atoms with Gasteiger partial charge in [-0.05, 0) is 74.5 Å². The monoisotopic (exact) mass is 403 g/mol. The number of hydrogen-bond acceptors (Lipinski definition) is 1. The van der Waals surface area contributed by atoms with Crippen molar-refractivity contribution in [1.29, 1.82) is 0 Å². The van der Waals surface area contributed by atoms with Gasteiger partial charge in [-0.15, -0.1) is 0 Å². The van der Waals surface area contributed by atoms with E-state index in [2.05, 4.69) is 50.2 Å². The zero-order chi connectivity index (χ0) is 18.7. The highest BCUT2D eigenvalue weighted by Crippen LogP contribution is 2.42. The van der Waals surface area contributed by atoms with Crippen LogP contribution in [0.5, 0.6) is 5.75 Å². The molecule has 4 heteroatoms. The van der Waals surface area contributed by atoms with Gasteiger partial charge in [-0.25, -0.2) is 0 Å². The van der Waals surface area contributed by atoms with Crippen LogP contribution >= 0.6 is 23.2 Å². The van der Waals surface area contributed by atoms with Gasteiger partial charge < -0.3 is 4.74 Å². The van der Waals surface area contributed by atoms with E-state index in [1.165, 1.54) is 15.4 Å². The van der Waals surface area contributed by atoms with Gasteiger partial charge in [-0.3, -0.25) is 0 Å². The van der Waals surface area contributed by atoms with Gasteiger partial charge >= 0.3 is 0 Å². The molecule has 0 aliphatic carbocycles. The van der Waals surface area contributed by atoms with Crippen molar-refractivity contribution in [3.05, 3.63) is 88.4 Å². The van der Waals surface area contributed by atoms with Crippen molar-refractivity contribution in [3.63, 3.8) is 0 Å². The maximum Gasteiger partial charge on any atom is 0.161 e. The van der Waals surface area contributed by atoms with E-state index in [0.29, 0.717) is 0 Å². The van der Waals surface area contributed by atoms with Crippen molar-refractivity contribution in [1.82, 2.24) is 0 Å². The number of rotatable bonds is 5. The first kappa shape index (κ1) is 19.2. The molecular weight excluding hydrogens is 383 g/mol. The van der Waals surface area contributed by atoms with Crippen LogP contribution in [-0.2, 0) is 15.6 Å². The molecular formula is C22H21Cl2OS+. The molecule has 0 saturated carbocycles. The topological polar surface area (TPSA) is 9.23 Å². The lowest BCUT2D eigenvalue weighted by molar-refractivity contribution is 0.414. The second-order valence-corrected chi connectivity index (χ2v) is 9.90. The molecule has 3 rings (SSSR count). The number of ether oxygens (including phenoxy) is 1. The third-order valence-corrected chi connectivity index (χ3v) is 7.64. The van der Waals surface area contributed by atoms with Gasteiger partial charge in [-0.2, -0.15) is 0 Å². The first-order valence-corrected chi connectivity index (χ1v) is 10.3. The fourth-order valence-corrected chi connectivity index (χ4v) is 5.87. The Balaban J connectivity index is 2.11. The van der Waals surface area contributed by atoms with Crippen LogP contribution in [0.1, 0.15) is 19.4 Å². The summed E-state index contributed by atoms with van der Waals surface area (Å²) in [6.45, 7) is 4.56. The molecule has 0 unspecified atom stereocenters. The molecule has 0 heterocycles. The zero-order valence-electron chi connectivity index (χ0n) is 15.0. The Morgan fingerprint density at radius 3 is 1.50 bits per heavy atom. The predicted molar refractivity (Wildman–Crippen MR) is 113 cm³/mol. The molecule has 0 aliphatic rings. The van der Waals surface area contributed by atoms with Crippen LogP contribution in [0.15, 0.2) is 82.6 Å². The first-order valence-electron chi connectivity index (χ1n) is 8.32. The van der Waals surface area contributed by atoms with Crippen molar-refractivity contribution in [2.45, 2.75) is 28.4 Å². The van der Waals surface area contributed by atoms with E-state index >= 15 is 0 Å². The Bertz CT molecular complexity index is 811. The van der Waals surface area contributed by atoms with Crippen LogP contribution < -0.4 is 4.74 Å². The zero-order valence-corrected chi connectivity index (χ0v) is 17.3. The Kier molecular flexibility index (Phi) is 5.86. The second kappa shape index (κ2) is 7.96. The van der Waals surface area contributed by atoms with Gasteiger partial charge in [0.15, 0.2) is 14.5 Å². The van der Waals surface area contributed by atoms with E-state index in [-0.39, 0.29) is 15.6 Å². The van der Waals surface area contributed by atoms with Crippen molar-refractivity contribution in [2.24, 2.45) is 0 Å². The normalized spacial score (nSPS) is 11.6. The van der Waals surface area contributed by atoms with Crippen LogP contribution in [0.3, 0.4) is 0 Å². The lowest BCUT2D eigenvalue weighted by atomic mass is 10.0. The van der Waals surface area contributed by atoms with Crippen molar-refractivity contribution in [2.75, 3.05) is 7.11 Å². The van der Waals surface area contributed by atoms with Gasteiger partial charge in [0.05, 0.1) is 18.0 Å². The highest BCUT2D eigenvalue weighted by atomic mass is 35.5. The molecule has 0 aromatic heterocycles. The average molecular weight is 404 g/mol. The minimum atomic E-state index is -0.196. The van der Waals surface area contributed by atoms with E-state index < -0.39 is 0 Å². The van der Waals surface area contributed by atoms with Crippen LogP contribution in [0.4, 0.5) is 0 Å². The fraction of sp³-hybridized carbons (Fsp3) is 0.182. The fourth-order valence-electron chi connectivity index (χ4n) is 2.98. The quantitative estimate of drug-likeness (QED) is 0.417. The van der Waals surface area contributed by atoms with Crippen molar-refractivity contribution < 1.29 is 4.74 Å². The van der Waals surface area contributed by atoms with Gasteiger partial charge in [0.25, 0.3) is 0 Å². The molecule has 0 radical (unpaired) electrons.